The summed E-state index contributed by atoms with van der Waals surface area (Å²) >= 11 is 0. The van der Waals surface area contributed by atoms with E-state index in [-0.39, 0.29) is 0 Å². The SMILES string of the molecule is C=CC(=C\C=C\c1ccc2c3ccccc3n(-c3ccccc3)c2c1)/C(=C/C)C1=C\C/C=C\C=C\C(=C/C=C/c2cccc3ccccc23)/C=C\1. The predicted octanol–water partition coefficient (Wildman–Crippen LogP) is 13.6. The van der Waals surface area contributed by atoms with Crippen LogP contribution in [0.3, 0.4) is 0 Å². The molecular weight excluding hydrogens is 615 g/mol. The van der Waals surface area contributed by atoms with E-state index in [1.165, 1.54) is 38.1 Å². The minimum Gasteiger partial charge on any atom is -0.309 e. The molecule has 0 saturated heterocycles. The van der Waals surface area contributed by atoms with Crippen molar-refractivity contribution in [1.29, 1.82) is 0 Å². The van der Waals surface area contributed by atoms with Gasteiger partial charge >= 0.3 is 0 Å². The number of hydrogen-bond donors (Lipinski definition) is 0. The first-order valence-electron chi connectivity index (χ1n) is 17.6. The summed E-state index contributed by atoms with van der Waals surface area (Å²) in [6.07, 6.45) is 33.2. The Morgan fingerprint density at radius 3 is 2.33 bits per heavy atom. The molecule has 0 bridgehead atoms. The monoisotopic (exact) mass is 655 g/mol. The van der Waals surface area contributed by atoms with Gasteiger partial charge in [-0.2, -0.15) is 0 Å². The number of allylic oxidation sites excluding steroid dienone is 17. The molecule has 51 heavy (non-hydrogen) atoms. The topological polar surface area (TPSA) is 4.93 Å². The van der Waals surface area contributed by atoms with E-state index >= 15 is 0 Å². The van der Waals surface area contributed by atoms with E-state index in [9.17, 15) is 0 Å². The van der Waals surface area contributed by atoms with Gasteiger partial charge in [-0.3, -0.25) is 0 Å². The van der Waals surface area contributed by atoms with E-state index in [2.05, 4.69) is 218 Å². The van der Waals surface area contributed by atoms with E-state index < -0.39 is 0 Å². The second kappa shape index (κ2) is 15.8. The lowest BCUT2D eigenvalue weighted by Crippen LogP contribution is -1.93. The van der Waals surface area contributed by atoms with Crippen molar-refractivity contribution in [3.8, 4) is 5.69 Å². The molecule has 0 aliphatic heterocycles. The largest absolute Gasteiger partial charge is 0.309 e. The molecule has 1 aromatic heterocycles. The van der Waals surface area contributed by atoms with Crippen molar-refractivity contribution in [2.24, 2.45) is 0 Å². The summed E-state index contributed by atoms with van der Waals surface area (Å²) in [5.41, 5.74) is 10.4. The molecule has 0 atom stereocenters. The molecule has 5 aromatic carbocycles. The van der Waals surface area contributed by atoms with Gasteiger partial charge in [-0.15, -0.1) is 0 Å². The standard InChI is InChI=1S/C50H41N/c1-3-40(24-17-21-39-34-36-48-47-31-14-15-32-49(47)51(50(48)37-39)44-28-10-7-11-29-44)45(4-2)43-22-9-6-5-8-19-38(33-35-43)20-16-25-42-27-18-26-41-23-12-13-30-46(41)42/h3-8,10-37H,1,9H2,2H3/b6-5-,19-8+,21-17+,25-16+,35-33-,38-20?,40-24+,43-22-,45-4-. The van der Waals surface area contributed by atoms with Gasteiger partial charge in [-0.05, 0) is 81.8 Å². The van der Waals surface area contributed by atoms with Gasteiger partial charge in [0.25, 0.3) is 0 Å². The summed E-state index contributed by atoms with van der Waals surface area (Å²) in [5.74, 6) is 0. The highest BCUT2D eigenvalue weighted by Crippen LogP contribution is 2.33. The van der Waals surface area contributed by atoms with Crippen LogP contribution in [0.4, 0.5) is 0 Å². The van der Waals surface area contributed by atoms with Crippen LogP contribution in [0.5, 0.6) is 0 Å². The lowest BCUT2D eigenvalue weighted by molar-refractivity contribution is 1.18. The van der Waals surface area contributed by atoms with Gasteiger partial charge in [0.05, 0.1) is 11.0 Å². The molecule has 0 spiro atoms. The highest BCUT2D eigenvalue weighted by Gasteiger charge is 2.12. The average Bonchev–Trinajstić information content (AvgIpc) is 3.51. The Morgan fingerprint density at radius 1 is 0.686 bits per heavy atom. The van der Waals surface area contributed by atoms with Gasteiger partial charge in [0, 0.05) is 16.5 Å². The molecule has 1 nitrogen and oxygen atoms in total. The van der Waals surface area contributed by atoms with Crippen LogP contribution < -0.4 is 0 Å². The second-order valence-corrected chi connectivity index (χ2v) is 12.5. The van der Waals surface area contributed by atoms with E-state index in [1.807, 2.05) is 6.08 Å². The molecule has 1 aliphatic rings. The molecule has 246 valence electrons. The fourth-order valence-electron chi connectivity index (χ4n) is 6.78. The fraction of sp³-hybridized carbons (Fsp3) is 0.0400. The third-order valence-electron chi connectivity index (χ3n) is 9.26. The van der Waals surface area contributed by atoms with Gasteiger partial charge in [0.1, 0.15) is 0 Å². The lowest BCUT2D eigenvalue weighted by Gasteiger charge is -2.10. The first-order chi connectivity index (χ1) is 25.2. The molecular formula is C50H41N. The van der Waals surface area contributed by atoms with Crippen LogP contribution in [-0.2, 0) is 0 Å². The second-order valence-electron chi connectivity index (χ2n) is 12.5. The van der Waals surface area contributed by atoms with Crippen molar-refractivity contribution in [2.45, 2.75) is 13.3 Å². The number of para-hydroxylation sites is 2. The summed E-state index contributed by atoms with van der Waals surface area (Å²) in [6.45, 7) is 6.30. The molecule has 0 radical (unpaired) electrons. The zero-order chi connectivity index (χ0) is 34.8. The normalized spacial score (nSPS) is 18.1. The summed E-state index contributed by atoms with van der Waals surface area (Å²) in [5, 5.41) is 5.01. The summed E-state index contributed by atoms with van der Waals surface area (Å²) in [7, 11) is 0. The van der Waals surface area contributed by atoms with Gasteiger partial charge < -0.3 is 4.57 Å². The van der Waals surface area contributed by atoms with Crippen molar-refractivity contribution in [2.75, 3.05) is 0 Å². The molecule has 0 amide bonds. The van der Waals surface area contributed by atoms with E-state index in [4.69, 9.17) is 0 Å². The Labute approximate surface area is 301 Å². The Bertz CT molecular complexity index is 2490. The molecule has 1 aliphatic carbocycles. The Balaban J connectivity index is 1.16. The summed E-state index contributed by atoms with van der Waals surface area (Å²) < 4.78 is 2.36. The first kappa shape index (κ1) is 33.1. The highest BCUT2D eigenvalue weighted by molar-refractivity contribution is 6.09. The average molecular weight is 656 g/mol. The molecule has 0 fully saturated rings. The van der Waals surface area contributed by atoms with E-state index in [0.717, 1.165) is 40.0 Å². The van der Waals surface area contributed by atoms with E-state index in [1.54, 1.807) is 0 Å². The van der Waals surface area contributed by atoms with Crippen LogP contribution in [-0.4, -0.2) is 4.57 Å². The van der Waals surface area contributed by atoms with Gasteiger partial charge in [0.15, 0.2) is 0 Å². The molecule has 1 heteroatoms. The maximum atomic E-state index is 4.20. The summed E-state index contributed by atoms with van der Waals surface area (Å²) in [6, 6.07) is 40.9. The maximum absolute atomic E-state index is 4.20. The Hall–Kier alpha value is -6.44. The third-order valence-corrected chi connectivity index (χ3v) is 9.26. The van der Waals surface area contributed by atoms with Gasteiger partial charge in [-0.1, -0.05) is 189 Å². The lowest BCUT2D eigenvalue weighted by atomic mass is 9.94. The number of hydrogen-bond acceptors (Lipinski definition) is 0. The zero-order valence-electron chi connectivity index (χ0n) is 29.0. The fourth-order valence-corrected chi connectivity index (χ4v) is 6.78. The molecule has 0 N–H and O–H groups in total. The number of aromatic nitrogens is 1. The first-order valence-corrected chi connectivity index (χ1v) is 17.6. The maximum Gasteiger partial charge on any atom is 0.0547 e. The number of nitrogens with zero attached hydrogens (tertiary/aromatic N) is 1. The van der Waals surface area contributed by atoms with Crippen LogP contribution >= 0.6 is 0 Å². The minimum absolute atomic E-state index is 0.844. The molecule has 0 saturated carbocycles. The number of fused-ring (bicyclic) bond motifs is 4. The smallest absolute Gasteiger partial charge is 0.0547 e. The van der Waals surface area contributed by atoms with Crippen LogP contribution in [0.15, 0.2) is 223 Å². The highest BCUT2D eigenvalue weighted by atomic mass is 15.0. The van der Waals surface area contributed by atoms with Gasteiger partial charge in [-0.25, -0.2) is 0 Å². The van der Waals surface area contributed by atoms with Crippen LogP contribution in [0.1, 0.15) is 24.5 Å². The number of benzene rings is 5. The van der Waals surface area contributed by atoms with Crippen LogP contribution in [0.25, 0.3) is 50.4 Å². The van der Waals surface area contributed by atoms with Crippen molar-refractivity contribution < 1.29 is 0 Å². The Morgan fingerprint density at radius 2 is 1.47 bits per heavy atom. The number of rotatable bonds is 8. The molecule has 0 unspecified atom stereocenters. The van der Waals surface area contributed by atoms with E-state index in [0.29, 0.717) is 0 Å². The molecule has 7 rings (SSSR count). The minimum atomic E-state index is 0.844. The summed E-state index contributed by atoms with van der Waals surface area (Å²) in [4.78, 5) is 0. The van der Waals surface area contributed by atoms with Crippen LogP contribution in [0, 0.1) is 0 Å². The van der Waals surface area contributed by atoms with Gasteiger partial charge in [0.2, 0.25) is 0 Å². The molecule has 6 aromatic rings. The van der Waals surface area contributed by atoms with Crippen molar-refractivity contribution >= 4 is 44.7 Å². The zero-order valence-corrected chi connectivity index (χ0v) is 29.0. The van der Waals surface area contributed by atoms with Crippen molar-refractivity contribution in [1.82, 2.24) is 4.57 Å². The third kappa shape index (κ3) is 7.44. The molecule has 1 heterocycles. The quantitative estimate of drug-likeness (QED) is 0.144. The van der Waals surface area contributed by atoms with Crippen molar-refractivity contribution in [3.05, 3.63) is 234 Å². The van der Waals surface area contributed by atoms with Crippen molar-refractivity contribution in [3.63, 3.8) is 0 Å². The predicted molar refractivity (Wildman–Crippen MR) is 223 cm³/mol. The Kier molecular flexibility index (Phi) is 10.3. The van der Waals surface area contributed by atoms with Crippen LogP contribution in [0.2, 0.25) is 0 Å².